The van der Waals surface area contributed by atoms with Crippen molar-refractivity contribution in [3.8, 4) is 5.75 Å². The first-order valence-corrected chi connectivity index (χ1v) is 31.5. The number of rotatable bonds is 21. The number of fused-ring (bicyclic) bond motifs is 10. The SMILES string of the molecule is CCCCc1nc2c(N)nc3cc(C(=O)OC)ccc3c2n1CCc1c[nH]c2ccccc12.CCCCc1nc2c(N)nc3cc(C(=O)OC)ccc3c2n1CCc1ccc(O)cc1.CCCCc1nc2c(N)nc3cc(C(=O)OC)ccc3c2n1CCc1cnc[nH]1. The molecule has 93 heavy (non-hydrogen) atoms. The normalized spacial score (nSPS) is 11.4. The molecule has 0 aliphatic carbocycles. The third-order valence-corrected chi connectivity index (χ3v) is 16.9. The minimum Gasteiger partial charge on any atom is -0.508 e. The highest BCUT2D eigenvalue weighted by atomic mass is 16.5. The lowest BCUT2D eigenvalue weighted by molar-refractivity contribution is 0.0592. The number of esters is 3. The van der Waals surface area contributed by atoms with Crippen molar-refractivity contribution in [2.45, 2.75) is 117 Å². The molecule has 8 heterocycles. The number of aromatic nitrogens is 12. The number of methoxy groups -OCH3 is 3. The number of benzene rings is 5. The number of carbonyl (C=O) groups excluding carboxylic acids is 3. The fourth-order valence-corrected chi connectivity index (χ4v) is 12.0. The van der Waals surface area contributed by atoms with Crippen LogP contribution in [-0.2, 0) is 72.4 Å². The van der Waals surface area contributed by atoms with Crippen LogP contribution in [0.15, 0.2) is 122 Å². The van der Waals surface area contributed by atoms with Gasteiger partial charge in [-0.25, -0.2) is 49.3 Å². The van der Waals surface area contributed by atoms with Crippen LogP contribution in [0.4, 0.5) is 17.5 Å². The van der Waals surface area contributed by atoms with Gasteiger partial charge in [-0.05, 0) is 116 Å². The minimum absolute atomic E-state index is 0.256. The van der Waals surface area contributed by atoms with E-state index in [0.717, 1.165) is 169 Å². The van der Waals surface area contributed by atoms with Crippen molar-refractivity contribution in [1.29, 1.82) is 0 Å². The number of hydrogen-bond donors (Lipinski definition) is 6. The minimum atomic E-state index is -0.410. The molecule has 22 heteroatoms. The predicted molar refractivity (Wildman–Crippen MR) is 364 cm³/mol. The van der Waals surface area contributed by atoms with Gasteiger partial charge in [0.25, 0.3) is 0 Å². The average molecular weight is 1250 g/mol. The van der Waals surface area contributed by atoms with Gasteiger partial charge in [0.15, 0.2) is 17.5 Å². The van der Waals surface area contributed by atoms with Crippen LogP contribution in [-0.4, -0.2) is 103 Å². The molecule has 0 fully saturated rings. The van der Waals surface area contributed by atoms with E-state index in [2.05, 4.69) is 88.8 Å². The number of phenolic OH excluding ortho intramolecular Hbond substituents is 1. The highest BCUT2D eigenvalue weighted by molar-refractivity contribution is 6.11. The fourth-order valence-electron chi connectivity index (χ4n) is 12.0. The molecule has 478 valence electrons. The molecular formula is C71H77N15O7. The second kappa shape index (κ2) is 28.5. The number of anilines is 3. The quantitative estimate of drug-likeness (QED) is 0.0288. The number of para-hydroxylation sites is 1. The van der Waals surface area contributed by atoms with Gasteiger partial charge < -0.3 is 60.2 Å². The number of H-pyrrole nitrogens is 2. The molecule has 0 saturated carbocycles. The van der Waals surface area contributed by atoms with E-state index in [4.69, 9.17) is 46.4 Å². The van der Waals surface area contributed by atoms with E-state index in [1.54, 1.807) is 54.9 Å². The van der Waals surface area contributed by atoms with Gasteiger partial charge in [-0.1, -0.05) is 70.4 Å². The Morgan fingerprint density at radius 3 is 1.31 bits per heavy atom. The molecule has 0 bridgehead atoms. The Morgan fingerprint density at radius 2 is 0.903 bits per heavy atom. The van der Waals surface area contributed by atoms with Crippen LogP contribution in [0.5, 0.6) is 5.75 Å². The largest absolute Gasteiger partial charge is 0.508 e. The van der Waals surface area contributed by atoms with Crippen LogP contribution in [0.3, 0.4) is 0 Å². The van der Waals surface area contributed by atoms with Gasteiger partial charge in [-0.3, -0.25) is 0 Å². The molecule has 13 rings (SSSR count). The molecule has 0 saturated heterocycles. The van der Waals surface area contributed by atoms with Crippen LogP contribution in [0.1, 0.15) is 125 Å². The molecule has 9 N–H and O–H groups in total. The first-order valence-electron chi connectivity index (χ1n) is 31.5. The fraction of sp³-hybridized carbons (Fsp3) is 0.296. The van der Waals surface area contributed by atoms with E-state index in [0.29, 0.717) is 61.7 Å². The Hall–Kier alpha value is -10.9. The molecular weight excluding hydrogens is 1170 g/mol. The van der Waals surface area contributed by atoms with Crippen LogP contribution in [0.25, 0.3) is 76.7 Å². The lowest BCUT2D eigenvalue weighted by Crippen LogP contribution is -2.07. The number of aromatic amines is 2. The molecule has 0 atom stereocenters. The summed E-state index contributed by atoms with van der Waals surface area (Å²) in [5, 5.41) is 13.5. The van der Waals surface area contributed by atoms with E-state index in [9.17, 15) is 19.5 Å². The molecule has 0 spiro atoms. The summed E-state index contributed by atoms with van der Waals surface area (Å²) in [6.07, 6.45) is 17.0. The number of pyridine rings is 3. The zero-order valence-corrected chi connectivity index (χ0v) is 53.3. The Balaban J connectivity index is 0.000000143. The highest BCUT2D eigenvalue weighted by Gasteiger charge is 2.23. The van der Waals surface area contributed by atoms with Gasteiger partial charge in [0, 0.05) is 90.5 Å². The lowest BCUT2D eigenvalue weighted by Gasteiger charge is -2.12. The molecule has 0 aliphatic heterocycles. The van der Waals surface area contributed by atoms with Gasteiger partial charge in [0.1, 0.15) is 39.8 Å². The summed E-state index contributed by atoms with van der Waals surface area (Å²) >= 11 is 0. The molecule has 13 aromatic rings. The number of nitrogen functional groups attached to an aromatic ring is 3. The lowest BCUT2D eigenvalue weighted by atomic mass is 10.1. The number of nitrogens with one attached hydrogen (secondary N) is 2. The van der Waals surface area contributed by atoms with Crippen LogP contribution < -0.4 is 17.2 Å². The Morgan fingerprint density at radius 1 is 0.484 bits per heavy atom. The van der Waals surface area contributed by atoms with Crippen molar-refractivity contribution in [1.82, 2.24) is 58.6 Å². The summed E-state index contributed by atoms with van der Waals surface area (Å²) in [6, 6.07) is 31.7. The van der Waals surface area contributed by atoms with Gasteiger partial charge in [0.2, 0.25) is 0 Å². The average Bonchev–Trinajstić information content (AvgIpc) is 1.67. The van der Waals surface area contributed by atoms with E-state index in [-0.39, 0.29) is 5.75 Å². The summed E-state index contributed by atoms with van der Waals surface area (Å²) < 4.78 is 21.3. The first-order chi connectivity index (χ1) is 45.2. The number of nitrogens with two attached hydrogens (primary N) is 3. The molecule has 0 radical (unpaired) electrons. The standard InChI is InChI=1S/C26H27N5O2.C24H26N4O3.C21H24N6O2/c1-3-4-9-22-30-23-24(19-11-10-16(26(32)33-2)14-21(19)29-25(23)27)31(22)13-12-17-15-28-20-8-6-5-7-18(17)20;1-3-4-5-20-27-21-22(28(20)13-12-15-6-9-17(29)10-7-15)18-11-8-16(24(30)31-2)14-19(18)26-23(21)25;1-3-4-5-17-26-18-19(27(17)9-8-14-11-23-12-24-14)15-7-6-13(21(28)29-2)10-16(15)25-20(18)22/h5-8,10-11,14-15,28H,3-4,9,12-13H2,1-2H3,(H2,27,29);6-11,14,29H,3-5,12-13H2,1-2H3,(H2,25,26);6-7,10-12H,3-5,8-9H2,1-2H3,(H2,22,25)(H,23,24). The maximum absolute atomic E-state index is 12.0. The van der Waals surface area contributed by atoms with E-state index in [1.165, 1.54) is 32.3 Å². The third-order valence-electron chi connectivity index (χ3n) is 16.9. The maximum Gasteiger partial charge on any atom is 0.337 e. The number of nitrogens with zero attached hydrogens (tertiary/aromatic N) is 10. The Labute approximate surface area is 536 Å². The van der Waals surface area contributed by atoms with Crippen LogP contribution >= 0.6 is 0 Å². The summed E-state index contributed by atoms with van der Waals surface area (Å²) in [5.74, 6) is 3.15. The summed E-state index contributed by atoms with van der Waals surface area (Å²) in [4.78, 5) is 74.7. The number of aromatic hydroxyl groups is 1. The van der Waals surface area contributed by atoms with Gasteiger partial charge in [-0.2, -0.15) is 0 Å². The predicted octanol–water partition coefficient (Wildman–Crippen LogP) is 12.5. The van der Waals surface area contributed by atoms with Crippen molar-refractivity contribution in [3.63, 3.8) is 0 Å². The van der Waals surface area contributed by atoms with Crippen LogP contribution in [0.2, 0.25) is 0 Å². The molecule has 22 nitrogen and oxygen atoms in total. The first kappa shape index (κ1) is 63.7. The number of imidazole rings is 4. The number of carbonyl (C=O) groups is 3. The zero-order valence-electron chi connectivity index (χ0n) is 53.3. The summed E-state index contributed by atoms with van der Waals surface area (Å²) in [6.45, 7) is 8.74. The third kappa shape index (κ3) is 13.5. The zero-order chi connectivity index (χ0) is 65.3. The van der Waals surface area contributed by atoms with Gasteiger partial charge in [0.05, 0.1) is 77.4 Å². The molecule has 8 aromatic heterocycles. The molecule has 5 aromatic carbocycles. The number of hydrogen-bond acceptors (Lipinski definition) is 17. The smallest absolute Gasteiger partial charge is 0.337 e. The summed E-state index contributed by atoms with van der Waals surface area (Å²) in [5.41, 5.74) is 31.8. The van der Waals surface area contributed by atoms with E-state index < -0.39 is 17.9 Å². The van der Waals surface area contributed by atoms with Crippen molar-refractivity contribution in [3.05, 3.63) is 173 Å². The monoisotopic (exact) mass is 1250 g/mol. The van der Waals surface area contributed by atoms with Gasteiger partial charge in [-0.15, -0.1) is 0 Å². The van der Waals surface area contributed by atoms with Crippen molar-refractivity contribution >= 4 is 112 Å². The number of aryl methyl sites for hydroxylation is 9. The summed E-state index contributed by atoms with van der Waals surface area (Å²) in [7, 11) is 4.09. The Bertz CT molecular complexity index is 4850. The second-order valence-electron chi connectivity index (χ2n) is 23.0. The second-order valence-corrected chi connectivity index (χ2v) is 23.0. The van der Waals surface area contributed by atoms with Crippen molar-refractivity contribution < 1.29 is 33.7 Å². The number of unbranched alkanes of at least 4 members (excludes halogenated alkanes) is 3. The number of phenols is 1. The van der Waals surface area contributed by atoms with E-state index in [1.807, 2.05) is 42.6 Å². The van der Waals surface area contributed by atoms with Crippen molar-refractivity contribution in [2.24, 2.45) is 0 Å². The van der Waals surface area contributed by atoms with E-state index >= 15 is 0 Å². The molecule has 0 amide bonds. The van der Waals surface area contributed by atoms with Crippen molar-refractivity contribution in [2.75, 3.05) is 38.5 Å². The number of ether oxygens (including phenoxy) is 3. The van der Waals surface area contributed by atoms with Gasteiger partial charge >= 0.3 is 17.9 Å². The molecule has 0 aliphatic rings. The maximum atomic E-state index is 12.0. The highest BCUT2D eigenvalue weighted by Crippen LogP contribution is 2.35. The molecule has 0 unspecified atom stereocenters. The van der Waals surface area contributed by atoms with Crippen LogP contribution in [0, 0.1) is 0 Å². The Kier molecular flexibility index (Phi) is 19.5. The topological polar surface area (TPSA) is 314 Å².